The van der Waals surface area contributed by atoms with Crippen molar-refractivity contribution in [2.75, 3.05) is 26.1 Å². The summed E-state index contributed by atoms with van der Waals surface area (Å²) in [7, 11) is 2.94. The molecule has 160 valence electrons. The van der Waals surface area contributed by atoms with Crippen LogP contribution in [0.3, 0.4) is 0 Å². The van der Waals surface area contributed by atoms with Gasteiger partial charge in [-0.2, -0.15) is 0 Å². The maximum absolute atomic E-state index is 12.7. The van der Waals surface area contributed by atoms with Gasteiger partial charge in [0, 0.05) is 0 Å². The Hall–Kier alpha value is -3.64. The van der Waals surface area contributed by atoms with Crippen LogP contribution in [0.25, 0.3) is 0 Å². The first kappa shape index (κ1) is 22.1. The lowest BCUT2D eigenvalue weighted by Gasteiger charge is -2.20. The van der Waals surface area contributed by atoms with Crippen LogP contribution in [0.4, 0.5) is 5.69 Å². The Balaban J connectivity index is 1.76. The van der Waals surface area contributed by atoms with Crippen LogP contribution in [-0.2, 0) is 9.53 Å². The second-order valence-electron chi connectivity index (χ2n) is 7.08. The van der Waals surface area contributed by atoms with E-state index in [0.29, 0.717) is 11.3 Å². The number of nitrogens with one attached hydrogen (secondary N) is 2. The first-order chi connectivity index (χ1) is 15.0. The van der Waals surface area contributed by atoms with E-state index in [1.165, 1.54) is 7.11 Å². The van der Waals surface area contributed by atoms with Gasteiger partial charge in [-0.25, -0.2) is 4.79 Å². The molecule has 0 heterocycles. The van der Waals surface area contributed by atoms with Crippen LogP contribution < -0.4 is 15.4 Å². The first-order valence-corrected chi connectivity index (χ1v) is 9.93. The standard InChI is InChI=1S/C25H26N2O4/c1-17-8-10-18(11-9-17)24(19-12-14-20(30-2)15-13-19)26-16-23(28)27-22-7-5-4-6-21(22)25(29)31-3/h4-15,24,26H,16H2,1-3H3,(H,27,28). The van der Waals surface area contributed by atoms with Crippen molar-refractivity contribution in [3.63, 3.8) is 0 Å². The third-order valence-corrected chi connectivity index (χ3v) is 4.93. The third kappa shape index (κ3) is 5.71. The van der Waals surface area contributed by atoms with Crippen LogP contribution in [0.2, 0.25) is 0 Å². The van der Waals surface area contributed by atoms with Gasteiger partial charge in [0.2, 0.25) is 5.91 Å². The van der Waals surface area contributed by atoms with Crippen molar-refractivity contribution in [3.05, 3.63) is 95.1 Å². The van der Waals surface area contributed by atoms with Crippen molar-refractivity contribution < 1.29 is 19.1 Å². The highest BCUT2D eigenvalue weighted by Gasteiger charge is 2.17. The number of anilines is 1. The summed E-state index contributed by atoms with van der Waals surface area (Å²) in [5.74, 6) is 0.00478. The summed E-state index contributed by atoms with van der Waals surface area (Å²) in [6.07, 6.45) is 0. The molecular formula is C25H26N2O4. The Morgan fingerprint density at radius 2 is 1.48 bits per heavy atom. The number of rotatable bonds is 8. The van der Waals surface area contributed by atoms with Gasteiger partial charge in [-0.15, -0.1) is 0 Å². The number of esters is 1. The molecule has 3 rings (SSSR count). The predicted molar refractivity (Wildman–Crippen MR) is 120 cm³/mol. The van der Waals surface area contributed by atoms with E-state index in [1.807, 2.05) is 55.5 Å². The molecule has 0 aliphatic carbocycles. The highest BCUT2D eigenvalue weighted by Crippen LogP contribution is 2.24. The number of amides is 1. The minimum absolute atomic E-state index is 0.0556. The molecule has 6 heteroatoms. The molecule has 0 fully saturated rings. The number of benzene rings is 3. The molecule has 0 spiro atoms. The van der Waals surface area contributed by atoms with E-state index >= 15 is 0 Å². The molecule has 1 atom stereocenters. The van der Waals surface area contributed by atoms with E-state index in [4.69, 9.17) is 9.47 Å². The zero-order valence-electron chi connectivity index (χ0n) is 17.8. The Labute approximate surface area is 182 Å². The molecule has 3 aromatic carbocycles. The summed E-state index contributed by atoms with van der Waals surface area (Å²) < 4.78 is 10.0. The number of ether oxygens (including phenoxy) is 2. The summed E-state index contributed by atoms with van der Waals surface area (Å²) in [5.41, 5.74) is 3.93. The molecule has 1 unspecified atom stereocenters. The third-order valence-electron chi connectivity index (χ3n) is 4.93. The highest BCUT2D eigenvalue weighted by atomic mass is 16.5. The number of para-hydroxylation sites is 1. The number of carbonyl (C=O) groups is 2. The Morgan fingerprint density at radius 3 is 2.10 bits per heavy atom. The van der Waals surface area contributed by atoms with Crippen LogP contribution in [0.15, 0.2) is 72.8 Å². The predicted octanol–water partition coefficient (Wildman–Crippen LogP) is 4.11. The number of methoxy groups -OCH3 is 2. The van der Waals surface area contributed by atoms with Gasteiger partial charge in [0.15, 0.2) is 0 Å². The van der Waals surface area contributed by atoms with E-state index < -0.39 is 5.97 Å². The van der Waals surface area contributed by atoms with Crippen LogP contribution in [0.1, 0.15) is 33.1 Å². The van der Waals surface area contributed by atoms with Crippen LogP contribution in [-0.4, -0.2) is 32.6 Å². The van der Waals surface area contributed by atoms with Crippen molar-refractivity contribution in [1.82, 2.24) is 5.32 Å². The molecule has 2 N–H and O–H groups in total. The van der Waals surface area contributed by atoms with Crippen LogP contribution in [0, 0.1) is 6.92 Å². The largest absolute Gasteiger partial charge is 0.497 e. The molecule has 0 aliphatic rings. The fourth-order valence-electron chi connectivity index (χ4n) is 3.25. The molecule has 31 heavy (non-hydrogen) atoms. The maximum Gasteiger partial charge on any atom is 0.339 e. The van der Waals surface area contributed by atoms with Crippen molar-refractivity contribution in [2.24, 2.45) is 0 Å². The maximum atomic E-state index is 12.7. The molecule has 3 aromatic rings. The molecule has 0 saturated heterocycles. The van der Waals surface area contributed by atoms with Gasteiger partial charge in [-0.1, -0.05) is 54.1 Å². The van der Waals surface area contributed by atoms with Gasteiger partial charge in [0.1, 0.15) is 5.75 Å². The normalized spacial score (nSPS) is 11.5. The number of aryl methyl sites for hydroxylation is 1. The van der Waals surface area contributed by atoms with Gasteiger partial charge >= 0.3 is 5.97 Å². The van der Waals surface area contributed by atoms with Gasteiger partial charge in [-0.05, 0) is 42.3 Å². The van der Waals surface area contributed by atoms with Gasteiger partial charge in [0.05, 0.1) is 38.1 Å². The summed E-state index contributed by atoms with van der Waals surface area (Å²) in [5, 5.41) is 6.11. The molecular weight excluding hydrogens is 392 g/mol. The van der Waals surface area contributed by atoms with Crippen LogP contribution in [0.5, 0.6) is 5.75 Å². The summed E-state index contributed by atoms with van der Waals surface area (Å²) in [4.78, 5) is 24.6. The topological polar surface area (TPSA) is 76.7 Å². The summed E-state index contributed by atoms with van der Waals surface area (Å²) in [6.45, 7) is 2.09. The minimum atomic E-state index is -0.500. The number of hydrogen-bond donors (Lipinski definition) is 2. The number of hydrogen-bond acceptors (Lipinski definition) is 5. The lowest BCUT2D eigenvalue weighted by molar-refractivity contribution is -0.115. The Bertz CT molecular complexity index is 1030. The zero-order valence-corrected chi connectivity index (χ0v) is 17.8. The minimum Gasteiger partial charge on any atom is -0.497 e. The SMILES string of the molecule is COC(=O)c1ccccc1NC(=O)CNC(c1ccc(C)cc1)c1ccc(OC)cc1. The van der Waals surface area contributed by atoms with Crippen LogP contribution >= 0.6 is 0 Å². The van der Waals surface area contributed by atoms with Gasteiger partial charge in [-0.3, -0.25) is 10.1 Å². The molecule has 0 aromatic heterocycles. The van der Waals surface area contributed by atoms with E-state index in [0.717, 1.165) is 22.4 Å². The Morgan fingerprint density at radius 1 is 0.871 bits per heavy atom. The van der Waals surface area contributed by atoms with Gasteiger partial charge < -0.3 is 14.8 Å². The van der Waals surface area contributed by atoms with E-state index in [-0.39, 0.29) is 18.5 Å². The fourth-order valence-corrected chi connectivity index (χ4v) is 3.25. The quantitative estimate of drug-likeness (QED) is 0.539. The summed E-state index contributed by atoms with van der Waals surface area (Å²) in [6, 6.07) is 22.5. The molecule has 0 saturated carbocycles. The van der Waals surface area contributed by atoms with Crippen molar-refractivity contribution >= 4 is 17.6 Å². The average molecular weight is 418 g/mol. The molecule has 6 nitrogen and oxygen atoms in total. The van der Waals surface area contributed by atoms with Crippen molar-refractivity contribution in [3.8, 4) is 5.75 Å². The second-order valence-corrected chi connectivity index (χ2v) is 7.08. The Kier molecular flexibility index (Phi) is 7.40. The van der Waals surface area contributed by atoms with E-state index in [9.17, 15) is 9.59 Å². The smallest absolute Gasteiger partial charge is 0.339 e. The molecule has 1 amide bonds. The molecule has 0 bridgehead atoms. The average Bonchev–Trinajstić information content (AvgIpc) is 2.80. The monoisotopic (exact) mass is 418 g/mol. The highest BCUT2D eigenvalue weighted by molar-refractivity contribution is 6.01. The lowest BCUT2D eigenvalue weighted by Crippen LogP contribution is -2.32. The van der Waals surface area contributed by atoms with E-state index in [2.05, 4.69) is 10.6 Å². The molecule has 0 aliphatic heterocycles. The zero-order chi connectivity index (χ0) is 22.2. The first-order valence-electron chi connectivity index (χ1n) is 9.93. The van der Waals surface area contributed by atoms with E-state index in [1.54, 1.807) is 31.4 Å². The van der Waals surface area contributed by atoms with Gasteiger partial charge in [0.25, 0.3) is 0 Å². The summed E-state index contributed by atoms with van der Waals surface area (Å²) >= 11 is 0. The number of carbonyl (C=O) groups excluding carboxylic acids is 2. The lowest BCUT2D eigenvalue weighted by atomic mass is 9.97. The fraction of sp³-hybridized carbons (Fsp3) is 0.200. The van der Waals surface area contributed by atoms with Crippen molar-refractivity contribution in [1.29, 1.82) is 0 Å². The second kappa shape index (κ2) is 10.4. The van der Waals surface area contributed by atoms with Crippen molar-refractivity contribution in [2.45, 2.75) is 13.0 Å². The molecule has 0 radical (unpaired) electrons.